The first-order chi connectivity index (χ1) is 10.9. The van der Waals surface area contributed by atoms with Crippen LogP contribution in [-0.2, 0) is 6.54 Å². The fourth-order valence-electron chi connectivity index (χ4n) is 2.19. The van der Waals surface area contributed by atoms with Gasteiger partial charge in [0.1, 0.15) is 17.4 Å². The molecule has 0 atom stereocenters. The lowest BCUT2D eigenvalue weighted by atomic mass is 10.1. The normalized spacial score (nSPS) is 10.2. The van der Waals surface area contributed by atoms with Crippen molar-refractivity contribution in [2.45, 2.75) is 6.54 Å². The van der Waals surface area contributed by atoms with E-state index in [1.54, 1.807) is 24.3 Å². The number of hydrogen-bond donors (Lipinski definition) is 4. The molecular formula is C16H17FN4O2. The molecule has 0 heterocycles. The van der Waals surface area contributed by atoms with Crippen LogP contribution in [0, 0.1) is 11.2 Å². The number of amides is 1. The highest BCUT2D eigenvalue weighted by molar-refractivity contribution is 6.03. The Kier molecular flexibility index (Phi) is 4.80. The van der Waals surface area contributed by atoms with E-state index in [1.807, 2.05) is 0 Å². The number of halogens is 1. The maximum atomic E-state index is 14.1. The van der Waals surface area contributed by atoms with Gasteiger partial charge in [-0.25, -0.2) is 4.39 Å². The molecule has 2 aromatic carbocycles. The van der Waals surface area contributed by atoms with Crippen molar-refractivity contribution in [3.8, 4) is 5.75 Å². The van der Waals surface area contributed by atoms with Gasteiger partial charge in [-0.2, -0.15) is 0 Å². The van der Waals surface area contributed by atoms with Gasteiger partial charge < -0.3 is 21.5 Å². The van der Waals surface area contributed by atoms with Gasteiger partial charge in [0.05, 0.1) is 18.4 Å². The van der Waals surface area contributed by atoms with Crippen LogP contribution in [0.5, 0.6) is 5.75 Å². The summed E-state index contributed by atoms with van der Waals surface area (Å²) in [6.45, 7) is 0.228. The molecule has 0 aromatic heterocycles. The van der Waals surface area contributed by atoms with Crippen molar-refractivity contribution in [1.82, 2.24) is 0 Å². The Morgan fingerprint density at radius 1 is 1.30 bits per heavy atom. The number of hydrogen-bond acceptors (Lipinski definition) is 4. The van der Waals surface area contributed by atoms with E-state index in [0.717, 1.165) is 5.56 Å². The van der Waals surface area contributed by atoms with Crippen LogP contribution in [0.25, 0.3) is 0 Å². The second kappa shape index (κ2) is 6.78. The first kappa shape index (κ1) is 16.3. The van der Waals surface area contributed by atoms with Gasteiger partial charge in [0, 0.05) is 12.1 Å². The summed E-state index contributed by atoms with van der Waals surface area (Å²) in [5.74, 6) is -1.10. The lowest BCUT2D eigenvalue weighted by Crippen LogP contribution is -2.17. The molecule has 0 saturated carbocycles. The summed E-state index contributed by atoms with van der Waals surface area (Å²) < 4.78 is 19.2. The monoisotopic (exact) mass is 316 g/mol. The van der Waals surface area contributed by atoms with E-state index < -0.39 is 11.7 Å². The summed E-state index contributed by atoms with van der Waals surface area (Å²) in [4.78, 5) is 11.2. The average Bonchev–Trinajstić information content (AvgIpc) is 2.53. The lowest BCUT2D eigenvalue weighted by molar-refractivity contribution is 0.1000. The molecule has 6 N–H and O–H groups in total. The topological polar surface area (TPSA) is 114 Å². The number of carbonyl (C=O) groups is 1. The van der Waals surface area contributed by atoms with Crippen molar-refractivity contribution in [1.29, 1.82) is 5.41 Å². The van der Waals surface area contributed by atoms with E-state index in [-0.39, 0.29) is 23.6 Å². The van der Waals surface area contributed by atoms with E-state index in [9.17, 15) is 9.18 Å². The molecule has 23 heavy (non-hydrogen) atoms. The predicted molar refractivity (Wildman–Crippen MR) is 86.3 cm³/mol. The molecule has 0 bridgehead atoms. The van der Waals surface area contributed by atoms with Crippen LogP contribution in [-0.4, -0.2) is 18.9 Å². The van der Waals surface area contributed by atoms with Crippen LogP contribution in [0.4, 0.5) is 10.1 Å². The fraction of sp³-hybridized carbons (Fsp3) is 0.125. The van der Waals surface area contributed by atoms with E-state index in [2.05, 4.69) is 5.32 Å². The third-order valence-corrected chi connectivity index (χ3v) is 3.29. The molecule has 2 aromatic rings. The first-order valence-corrected chi connectivity index (χ1v) is 6.77. The quantitative estimate of drug-likeness (QED) is 0.481. The van der Waals surface area contributed by atoms with Crippen LogP contribution < -0.4 is 21.5 Å². The smallest absolute Gasteiger partial charge is 0.248 e. The van der Waals surface area contributed by atoms with Crippen LogP contribution in [0.1, 0.15) is 21.5 Å². The summed E-state index contributed by atoms with van der Waals surface area (Å²) in [7, 11) is 1.42. The van der Waals surface area contributed by atoms with Gasteiger partial charge in [0.25, 0.3) is 0 Å². The van der Waals surface area contributed by atoms with Crippen molar-refractivity contribution in [2.75, 3.05) is 12.4 Å². The molecule has 0 aliphatic carbocycles. The van der Waals surface area contributed by atoms with Crippen LogP contribution in [0.15, 0.2) is 36.4 Å². The van der Waals surface area contributed by atoms with Gasteiger partial charge >= 0.3 is 0 Å². The average molecular weight is 316 g/mol. The maximum absolute atomic E-state index is 14.1. The van der Waals surface area contributed by atoms with Gasteiger partial charge in [0.15, 0.2) is 0 Å². The third kappa shape index (κ3) is 3.57. The number of benzene rings is 2. The predicted octanol–water partition coefficient (Wildman–Crippen LogP) is 1.83. The molecule has 0 saturated heterocycles. The zero-order valence-electron chi connectivity index (χ0n) is 12.5. The highest BCUT2D eigenvalue weighted by Gasteiger charge is 2.16. The Morgan fingerprint density at radius 2 is 2.04 bits per heavy atom. The minimum absolute atomic E-state index is 0.0707. The van der Waals surface area contributed by atoms with Crippen LogP contribution >= 0.6 is 0 Å². The molecule has 2 rings (SSSR count). The first-order valence-electron chi connectivity index (χ1n) is 6.77. The number of methoxy groups -OCH3 is 1. The Hall–Kier alpha value is -3.09. The SMILES string of the molecule is COc1ccc(F)c(NCc2cccc(C(N)=O)c2)c1C(=N)N. The number of rotatable bonds is 6. The summed E-state index contributed by atoms with van der Waals surface area (Å²) in [5.41, 5.74) is 12.1. The largest absolute Gasteiger partial charge is 0.496 e. The summed E-state index contributed by atoms with van der Waals surface area (Å²) in [6, 6.07) is 9.30. The third-order valence-electron chi connectivity index (χ3n) is 3.29. The molecule has 0 spiro atoms. The molecule has 0 aliphatic heterocycles. The number of nitrogens with two attached hydrogens (primary N) is 2. The number of ether oxygens (including phenoxy) is 1. The molecule has 0 aliphatic rings. The van der Waals surface area contributed by atoms with E-state index in [0.29, 0.717) is 11.3 Å². The van der Waals surface area contributed by atoms with E-state index in [4.69, 9.17) is 21.6 Å². The minimum atomic E-state index is -0.554. The number of nitrogens with one attached hydrogen (secondary N) is 2. The van der Waals surface area contributed by atoms with Gasteiger partial charge in [-0.3, -0.25) is 10.2 Å². The molecule has 0 fully saturated rings. The summed E-state index contributed by atoms with van der Waals surface area (Å²) in [6.07, 6.45) is 0. The van der Waals surface area contributed by atoms with Crippen molar-refractivity contribution in [3.63, 3.8) is 0 Å². The Labute approximate surface area is 132 Å². The zero-order chi connectivity index (χ0) is 17.0. The Balaban J connectivity index is 2.32. The summed E-state index contributed by atoms with van der Waals surface area (Å²) >= 11 is 0. The fourth-order valence-corrected chi connectivity index (χ4v) is 2.19. The molecular weight excluding hydrogens is 299 g/mol. The number of nitrogen functional groups attached to an aromatic ring is 1. The van der Waals surface area contributed by atoms with Crippen molar-refractivity contribution >= 4 is 17.4 Å². The second-order valence-electron chi connectivity index (χ2n) is 4.83. The van der Waals surface area contributed by atoms with Crippen LogP contribution in [0.2, 0.25) is 0 Å². The van der Waals surface area contributed by atoms with Crippen molar-refractivity contribution in [3.05, 3.63) is 58.9 Å². The maximum Gasteiger partial charge on any atom is 0.248 e. The molecule has 1 amide bonds. The standard InChI is InChI=1S/C16H17FN4O2/c1-23-12-6-5-11(17)14(13(12)15(18)19)21-8-9-3-2-4-10(7-9)16(20)22/h2-7,21H,8H2,1H3,(H3,18,19)(H2,20,22). The molecule has 120 valence electrons. The number of anilines is 1. The number of carbonyl (C=O) groups excluding carboxylic acids is 1. The molecule has 6 nitrogen and oxygen atoms in total. The number of primary amides is 1. The van der Waals surface area contributed by atoms with Gasteiger partial charge in [0.2, 0.25) is 5.91 Å². The zero-order valence-corrected chi connectivity index (χ0v) is 12.5. The van der Waals surface area contributed by atoms with Crippen molar-refractivity contribution < 1.29 is 13.9 Å². The molecule has 0 radical (unpaired) electrons. The summed E-state index contributed by atoms with van der Waals surface area (Å²) in [5, 5.41) is 10.5. The van der Waals surface area contributed by atoms with Crippen molar-refractivity contribution in [2.24, 2.45) is 11.5 Å². The number of amidine groups is 1. The van der Waals surface area contributed by atoms with Gasteiger partial charge in [-0.1, -0.05) is 12.1 Å². The molecule has 0 unspecified atom stereocenters. The lowest BCUT2D eigenvalue weighted by Gasteiger charge is -2.15. The van der Waals surface area contributed by atoms with Gasteiger partial charge in [-0.05, 0) is 29.8 Å². The van der Waals surface area contributed by atoms with E-state index in [1.165, 1.54) is 19.2 Å². The van der Waals surface area contributed by atoms with Crippen LogP contribution in [0.3, 0.4) is 0 Å². The van der Waals surface area contributed by atoms with E-state index >= 15 is 0 Å². The highest BCUT2D eigenvalue weighted by Crippen LogP contribution is 2.29. The van der Waals surface area contributed by atoms with Gasteiger partial charge in [-0.15, -0.1) is 0 Å². The Morgan fingerprint density at radius 3 is 2.65 bits per heavy atom. The Bertz CT molecular complexity index is 762. The highest BCUT2D eigenvalue weighted by atomic mass is 19.1. The second-order valence-corrected chi connectivity index (χ2v) is 4.83. The molecule has 7 heteroatoms. The minimum Gasteiger partial charge on any atom is -0.496 e.